The molecule has 0 aliphatic carbocycles. The summed E-state index contributed by atoms with van der Waals surface area (Å²) in [5.41, 5.74) is 1.01. The summed E-state index contributed by atoms with van der Waals surface area (Å²) in [7, 11) is 2.01. The van der Waals surface area contributed by atoms with Crippen LogP contribution in [0.2, 0.25) is 0 Å². The highest BCUT2D eigenvalue weighted by atomic mass is 32.2. The van der Waals surface area contributed by atoms with Crippen LogP contribution >= 0.6 is 11.8 Å². The lowest BCUT2D eigenvalue weighted by atomic mass is 10.2. The number of hydrogen-bond acceptors (Lipinski definition) is 1. The van der Waals surface area contributed by atoms with E-state index in [0.717, 1.165) is 11.3 Å². The quantitative estimate of drug-likeness (QED) is 0.583. The Morgan fingerprint density at radius 1 is 1.19 bits per heavy atom. The molecule has 0 bridgehead atoms. The molecule has 1 nitrogen and oxygen atoms in total. The molecular weight excluding hydrogens is 221 g/mol. The van der Waals surface area contributed by atoms with E-state index in [2.05, 4.69) is 10.6 Å². The van der Waals surface area contributed by atoms with Gasteiger partial charge in [-0.15, -0.1) is 0 Å². The molecule has 0 amide bonds. The van der Waals surface area contributed by atoms with Gasteiger partial charge in [0.1, 0.15) is 12.9 Å². The van der Waals surface area contributed by atoms with Crippen molar-refractivity contribution >= 4 is 11.8 Å². The van der Waals surface area contributed by atoms with Crippen molar-refractivity contribution in [2.45, 2.75) is 10.8 Å². The molecule has 2 aromatic rings. The standard InChI is InChI=1S/C13H13FNS/c1-15-8-3-2-7-13(15)16-10-11-5-4-6-12(14)9-11/h2-9H,10H2,1H3/q+1. The number of rotatable bonds is 3. The number of hydrogen-bond donors (Lipinski definition) is 0. The van der Waals surface area contributed by atoms with Gasteiger partial charge in [-0.2, -0.15) is 4.57 Å². The highest BCUT2D eigenvalue weighted by molar-refractivity contribution is 7.98. The molecule has 0 unspecified atom stereocenters. The van der Waals surface area contributed by atoms with E-state index in [4.69, 9.17) is 0 Å². The van der Waals surface area contributed by atoms with Gasteiger partial charge >= 0.3 is 0 Å². The van der Waals surface area contributed by atoms with Crippen LogP contribution in [0.15, 0.2) is 53.7 Å². The summed E-state index contributed by atoms with van der Waals surface area (Å²) in [6.07, 6.45) is 2.01. The van der Waals surface area contributed by atoms with Gasteiger partial charge in [-0.3, -0.25) is 0 Å². The van der Waals surface area contributed by atoms with E-state index in [1.165, 1.54) is 11.1 Å². The minimum Gasteiger partial charge on any atom is -0.207 e. The van der Waals surface area contributed by atoms with E-state index in [1.807, 2.05) is 31.4 Å². The minimum atomic E-state index is -0.171. The summed E-state index contributed by atoms with van der Waals surface area (Å²) in [4.78, 5) is 0. The highest BCUT2D eigenvalue weighted by Gasteiger charge is 2.05. The number of aromatic nitrogens is 1. The van der Waals surface area contributed by atoms with Crippen LogP contribution in [0.4, 0.5) is 4.39 Å². The molecular formula is C13H13FNS+. The average Bonchev–Trinajstić information content (AvgIpc) is 2.28. The van der Waals surface area contributed by atoms with Gasteiger partial charge in [0, 0.05) is 17.9 Å². The van der Waals surface area contributed by atoms with Gasteiger partial charge in [-0.1, -0.05) is 23.9 Å². The first-order valence-corrected chi connectivity index (χ1v) is 6.06. The first-order valence-electron chi connectivity index (χ1n) is 5.07. The molecule has 0 radical (unpaired) electrons. The number of halogens is 1. The third-order valence-electron chi connectivity index (χ3n) is 2.28. The Balaban J connectivity index is 2.05. The SMILES string of the molecule is C[n+]1ccccc1SCc1cccc(F)c1. The molecule has 82 valence electrons. The predicted octanol–water partition coefficient (Wildman–Crippen LogP) is 2.94. The Bertz CT molecular complexity index is 485. The Kier molecular flexibility index (Phi) is 3.57. The van der Waals surface area contributed by atoms with Crippen LogP contribution in [0.3, 0.4) is 0 Å². The van der Waals surface area contributed by atoms with Gasteiger partial charge in [0.15, 0.2) is 6.20 Å². The molecule has 1 aromatic heterocycles. The number of thioether (sulfide) groups is 1. The molecule has 16 heavy (non-hydrogen) atoms. The fraction of sp³-hybridized carbons (Fsp3) is 0.154. The van der Waals surface area contributed by atoms with Crippen molar-refractivity contribution in [2.75, 3.05) is 0 Å². The van der Waals surface area contributed by atoms with E-state index in [9.17, 15) is 4.39 Å². The van der Waals surface area contributed by atoms with Crippen LogP contribution in [-0.2, 0) is 12.8 Å². The lowest BCUT2D eigenvalue weighted by Crippen LogP contribution is -2.29. The molecule has 0 aliphatic rings. The van der Waals surface area contributed by atoms with Crippen LogP contribution < -0.4 is 4.57 Å². The zero-order valence-electron chi connectivity index (χ0n) is 9.06. The van der Waals surface area contributed by atoms with Gasteiger partial charge in [0.05, 0.1) is 0 Å². The van der Waals surface area contributed by atoms with Gasteiger partial charge < -0.3 is 0 Å². The highest BCUT2D eigenvalue weighted by Crippen LogP contribution is 2.19. The van der Waals surface area contributed by atoms with Crippen LogP contribution in [-0.4, -0.2) is 0 Å². The van der Waals surface area contributed by atoms with E-state index in [-0.39, 0.29) is 5.82 Å². The van der Waals surface area contributed by atoms with Crippen LogP contribution in [0.25, 0.3) is 0 Å². The third-order valence-corrected chi connectivity index (χ3v) is 3.48. The van der Waals surface area contributed by atoms with Crippen molar-refractivity contribution < 1.29 is 8.96 Å². The maximum atomic E-state index is 13.0. The average molecular weight is 234 g/mol. The summed E-state index contributed by atoms with van der Waals surface area (Å²) in [6.45, 7) is 0. The van der Waals surface area contributed by atoms with Crippen molar-refractivity contribution in [3.8, 4) is 0 Å². The molecule has 0 saturated heterocycles. The van der Waals surface area contributed by atoms with E-state index >= 15 is 0 Å². The fourth-order valence-corrected chi connectivity index (χ4v) is 2.38. The Labute approximate surface area is 98.9 Å². The molecule has 0 fully saturated rings. The number of nitrogens with zero attached hydrogens (tertiary/aromatic N) is 1. The second-order valence-corrected chi connectivity index (χ2v) is 4.56. The lowest BCUT2D eigenvalue weighted by molar-refractivity contribution is -0.708. The number of benzene rings is 1. The molecule has 1 aromatic carbocycles. The monoisotopic (exact) mass is 234 g/mol. The largest absolute Gasteiger partial charge is 0.240 e. The second-order valence-electron chi connectivity index (χ2n) is 3.57. The van der Waals surface area contributed by atoms with Crippen molar-refractivity contribution in [3.63, 3.8) is 0 Å². The number of pyridine rings is 1. The lowest BCUT2D eigenvalue weighted by Gasteiger charge is -2.00. The van der Waals surface area contributed by atoms with Crippen molar-refractivity contribution in [1.82, 2.24) is 0 Å². The van der Waals surface area contributed by atoms with Gasteiger partial charge in [-0.05, 0) is 23.8 Å². The Morgan fingerprint density at radius 3 is 2.81 bits per heavy atom. The minimum absolute atomic E-state index is 0.171. The summed E-state index contributed by atoms with van der Waals surface area (Å²) < 4.78 is 15.0. The Hall–Kier alpha value is -1.35. The zero-order valence-corrected chi connectivity index (χ0v) is 9.88. The van der Waals surface area contributed by atoms with Crippen molar-refractivity contribution in [1.29, 1.82) is 0 Å². The van der Waals surface area contributed by atoms with Crippen LogP contribution in [0.5, 0.6) is 0 Å². The van der Waals surface area contributed by atoms with Crippen molar-refractivity contribution in [2.24, 2.45) is 7.05 Å². The fourth-order valence-electron chi connectivity index (χ4n) is 1.44. The normalized spacial score (nSPS) is 10.4. The maximum absolute atomic E-state index is 13.0. The molecule has 1 heterocycles. The molecule has 2 rings (SSSR count). The van der Waals surface area contributed by atoms with Crippen molar-refractivity contribution in [3.05, 3.63) is 60.0 Å². The predicted molar refractivity (Wildman–Crippen MR) is 63.6 cm³/mol. The summed E-state index contributed by atoms with van der Waals surface area (Å²) in [6, 6.07) is 12.8. The maximum Gasteiger partial charge on any atom is 0.240 e. The first-order chi connectivity index (χ1) is 7.75. The van der Waals surface area contributed by atoms with Gasteiger partial charge in [0.25, 0.3) is 0 Å². The Morgan fingerprint density at radius 2 is 2.06 bits per heavy atom. The second kappa shape index (κ2) is 5.12. The van der Waals surface area contributed by atoms with Gasteiger partial charge in [-0.25, -0.2) is 4.39 Å². The summed E-state index contributed by atoms with van der Waals surface area (Å²) in [5.74, 6) is 0.617. The van der Waals surface area contributed by atoms with Crippen LogP contribution in [0.1, 0.15) is 5.56 Å². The topological polar surface area (TPSA) is 3.88 Å². The van der Waals surface area contributed by atoms with E-state index in [1.54, 1.807) is 23.9 Å². The number of aryl methyl sites for hydroxylation is 1. The van der Waals surface area contributed by atoms with Gasteiger partial charge in [0.2, 0.25) is 5.03 Å². The molecule has 0 spiro atoms. The first kappa shape index (κ1) is 11.1. The van der Waals surface area contributed by atoms with E-state index < -0.39 is 0 Å². The van der Waals surface area contributed by atoms with E-state index in [0.29, 0.717) is 0 Å². The van der Waals surface area contributed by atoms with Crippen LogP contribution in [0, 0.1) is 5.82 Å². The molecule has 0 saturated carbocycles. The smallest absolute Gasteiger partial charge is 0.207 e. The third kappa shape index (κ3) is 2.83. The molecule has 3 heteroatoms. The molecule has 0 N–H and O–H groups in total. The zero-order chi connectivity index (χ0) is 11.4. The summed E-state index contributed by atoms with van der Waals surface area (Å²) in [5, 5.41) is 1.17. The summed E-state index contributed by atoms with van der Waals surface area (Å²) >= 11 is 1.71. The molecule has 0 aliphatic heterocycles. The molecule has 0 atom stereocenters.